The zero-order valence-electron chi connectivity index (χ0n) is 14.3. The molecule has 1 aromatic rings. The number of carbonyl (C=O) groups is 2. The summed E-state index contributed by atoms with van der Waals surface area (Å²) in [5.74, 6) is -1.59. The molecule has 1 aliphatic rings. The van der Waals surface area contributed by atoms with Gasteiger partial charge in [-0.05, 0) is 37.6 Å². The van der Waals surface area contributed by atoms with Crippen LogP contribution in [0.3, 0.4) is 0 Å². The highest BCUT2D eigenvalue weighted by Gasteiger charge is 2.26. The molecule has 1 saturated heterocycles. The Bertz CT molecular complexity index is 748. The summed E-state index contributed by atoms with van der Waals surface area (Å²) in [5.41, 5.74) is 0.389. The Morgan fingerprint density at radius 2 is 2.08 bits per heavy atom. The number of amides is 1. The van der Waals surface area contributed by atoms with Crippen molar-refractivity contribution in [3.63, 3.8) is 0 Å². The topological polar surface area (TPSA) is 107 Å². The first-order chi connectivity index (χ1) is 11.7. The van der Waals surface area contributed by atoms with E-state index in [0.29, 0.717) is 25.2 Å². The number of hydrogen-bond donors (Lipinski definition) is 2. The Morgan fingerprint density at radius 3 is 2.72 bits per heavy atom. The number of nitrogens with zero attached hydrogens (tertiary/aromatic N) is 2. The molecule has 8 nitrogen and oxygen atoms in total. The third kappa shape index (κ3) is 5.00. The molecule has 0 aromatic heterocycles. The second-order valence-electron chi connectivity index (χ2n) is 6.28. The van der Waals surface area contributed by atoms with E-state index in [4.69, 9.17) is 5.11 Å². The third-order valence-electron chi connectivity index (χ3n) is 4.12. The summed E-state index contributed by atoms with van der Waals surface area (Å²) >= 11 is 0. The highest BCUT2D eigenvalue weighted by Crippen LogP contribution is 2.19. The lowest BCUT2D eigenvalue weighted by Gasteiger charge is -2.29. The number of carboxylic acids is 1. The number of aliphatic carboxylic acids is 1. The summed E-state index contributed by atoms with van der Waals surface area (Å²) in [6.45, 7) is 1.10. The lowest BCUT2D eigenvalue weighted by molar-refractivity contribution is -0.144. The number of anilines is 1. The molecular weight excluding hydrogens is 346 g/mol. The number of likely N-dealkylation sites (tertiary alicyclic amines) is 1. The van der Waals surface area contributed by atoms with Gasteiger partial charge in [-0.1, -0.05) is 6.07 Å². The third-order valence-corrected chi connectivity index (χ3v) is 5.93. The fraction of sp³-hybridized carbons (Fsp3) is 0.500. The Hall–Kier alpha value is -1.97. The maximum Gasteiger partial charge on any atom is 0.307 e. The molecule has 138 valence electrons. The summed E-state index contributed by atoms with van der Waals surface area (Å²) in [6, 6.07) is 6.05. The van der Waals surface area contributed by atoms with E-state index >= 15 is 0 Å². The highest BCUT2D eigenvalue weighted by molar-refractivity contribution is 7.89. The van der Waals surface area contributed by atoms with Crippen molar-refractivity contribution < 1.29 is 23.1 Å². The van der Waals surface area contributed by atoms with E-state index in [-0.39, 0.29) is 17.3 Å². The van der Waals surface area contributed by atoms with Gasteiger partial charge in [-0.3, -0.25) is 14.5 Å². The van der Waals surface area contributed by atoms with Crippen LogP contribution in [0.15, 0.2) is 29.2 Å². The van der Waals surface area contributed by atoms with E-state index in [1.807, 2.05) is 0 Å². The number of carboxylic acid groups (broad SMARTS) is 1. The van der Waals surface area contributed by atoms with Gasteiger partial charge >= 0.3 is 5.97 Å². The number of piperidine rings is 1. The van der Waals surface area contributed by atoms with Crippen LogP contribution in [-0.4, -0.2) is 68.3 Å². The van der Waals surface area contributed by atoms with E-state index in [2.05, 4.69) is 5.32 Å². The lowest BCUT2D eigenvalue weighted by Crippen LogP contribution is -2.42. The Kier molecular flexibility index (Phi) is 6.15. The van der Waals surface area contributed by atoms with Crippen molar-refractivity contribution in [1.82, 2.24) is 9.21 Å². The SMILES string of the molecule is CN(C)S(=O)(=O)c1cccc(NC(=O)CN2CCCC(C(=O)O)C2)c1. The largest absolute Gasteiger partial charge is 0.481 e. The first-order valence-corrected chi connectivity index (χ1v) is 9.42. The number of rotatable bonds is 6. The minimum Gasteiger partial charge on any atom is -0.481 e. The highest BCUT2D eigenvalue weighted by atomic mass is 32.2. The molecule has 1 atom stereocenters. The summed E-state index contributed by atoms with van der Waals surface area (Å²) in [7, 11) is -0.692. The van der Waals surface area contributed by atoms with Crippen molar-refractivity contribution >= 4 is 27.6 Å². The normalized spacial score (nSPS) is 18.9. The second kappa shape index (κ2) is 7.94. The average molecular weight is 369 g/mol. The summed E-state index contributed by atoms with van der Waals surface area (Å²) in [4.78, 5) is 25.2. The molecule has 1 aliphatic heterocycles. The number of hydrogen-bond acceptors (Lipinski definition) is 5. The predicted octanol–water partition coefficient (Wildman–Crippen LogP) is 0.672. The van der Waals surface area contributed by atoms with Crippen molar-refractivity contribution in [1.29, 1.82) is 0 Å². The smallest absolute Gasteiger partial charge is 0.307 e. The molecule has 25 heavy (non-hydrogen) atoms. The van der Waals surface area contributed by atoms with Crippen molar-refractivity contribution in [2.24, 2.45) is 5.92 Å². The van der Waals surface area contributed by atoms with Gasteiger partial charge in [0.15, 0.2) is 0 Å². The zero-order valence-corrected chi connectivity index (χ0v) is 15.1. The van der Waals surface area contributed by atoms with E-state index in [1.165, 1.54) is 26.2 Å². The molecule has 0 aliphatic carbocycles. The fourth-order valence-corrected chi connectivity index (χ4v) is 3.70. The maximum absolute atomic E-state index is 12.2. The standard InChI is InChI=1S/C16H23N3O5S/c1-18(2)25(23,24)14-7-3-6-13(9-14)17-15(20)11-19-8-4-5-12(10-19)16(21)22/h3,6-7,9,12H,4-5,8,10-11H2,1-2H3,(H,17,20)(H,21,22). The number of carbonyl (C=O) groups excluding carboxylic acids is 1. The van der Waals surface area contributed by atoms with Crippen LogP contribution in [-0.2, 0) is 19.6 Å². The molecule has 0 radical (unpaired) electrons. The molecule has 2 rings (SSSR count). The van der Waals surface area contributed by atoms with Crippen molar-refractivity contribution in [2.45, 2.75) is 17.7 Å². The molecule has 1 unspecified atom stereocenters. The molecule has 9 heteroatoms. The zero-order chi connectivity index (χ0) is 18.6. The van der Waals surface area contributed by atoms with E-state index in [0.717, 1.165) is 10.7 Å². The van der Waals surface area contributed by atoms with Crippen LogP contribution in [0.2, 0.25) is 0 Å². The van der Waals surface area contributed by atoms with Crippen LogP contribution >= 0.6 is 0 Å². The summed E-state index contributed by atoms with van der Waals surface area (Å²) in [5, 5.41) is 11.8. The fourth-order valence-electron chi connectivity index (χ4n) is 2.75. The van der Waals surface area contributed by atoms with Gasteiger partial charge in [0.25, 0.3) is 0 Å². The van der Waals surface area contributed by atoms with E-state index in [1.54, 1.807) is 17.0 Å². The van der Waals surface area contributed by atoms with Gasteiger partial charge in [-0.15, -0.1) is 0 Å². The van der Waals surface area contributed by atoms with Crippen molar-refractivity contribution in [2.75, 3.05) is 39.0 Å². The summed E-state index contributed by atoms with van der Waals surface area (Å²) < 4.78 is 25.4. The van der Waals surface area contributed by atoms with E-state index < -0.39 is 21.9 Å². The maximum atomic E-state index is 12.2. The number of benzene rings is 1. The molecule has 1 fully saturated rings. The van der Waals surface area contributed by atoms with Crippen LogP contribution in [0, 0.1) is 5.92 Å². The van der Waals surface area contributed by atoms with Gasteiger partial charge in [0.05, 0.1) is 17.4 Å². The molecule has 0 spiro atoms. The van der Waals surface area contributed by atoms with Crippen LogP contribution in [0.4, 0.5) is 5.69 Å². The van der Waals surface area contributed by atoms with Gasteiger partial charge in [-0.2, -0.15) is 0 Å². The van der Waals surface area contributed by atoms with Gasteiger partial charge in [0, 0.05) is 26.3 Å². The van der Waals surface area contributed by atoms with Crippen LogP contribution in [0.25, 0.3) is 0 Å². The Morgan fingerprint density at radius 1 is 1.36 bits per heavy atom. The predicted molar refractivity (Wildman–Crippen MR) is 92.7 cm³/mol. The molecule has 1 aromatic carbocycles. The first kappa shape index (κ1) is 19.4. The Balaban J connectivity index is 2.00. The molecule has 0 saturated carbocycles. The molecule has 1 amide bonds. The monoisotopic (exact) mass is 369 g/mol. The molecule has 2 N–H and O–H groups in total. The first-order valence-electron chi connectivity index (χ1n) is 7.98. The van der Waals surface area contributed by atoms with Crippen LogP contribution in [0.5, 0.6) is 0 Å². The average Bonchev–Trinajstić information content (AvgIpc) is 2.55. The van der Waals surface area contributed by atoms with Crippen LogP contribution in [0.1, 0.15) is 12.8 Å². The molecule has 1 heterocycles. The Labute approximate surface area is 147 Å². The second-order valence-corrected chi connectivity index (χ2v) is 8.43. The van der Waals surface area contributed by atoms with Gasteiger partial charge in [0.1, 0.15) is 0 Å². The van der Waals surface area contributed by atoms with Gasteiger partial charge < -0.3 is 10.4 Å². The molecule has 0 bridgehead atoms. The van der Waals surface area contributed by atoms with E-state index in [9.17, 15) is 18.0 Å². The van der Waals surface area contributed by atoms with Gasteiger partial charge in [0.2, 0.25) is 15.9 Å². The number of nitrogens with one attached hydrogen (secondary N) is 1. The number of sulfonamides is 1. The quantitative estimate of drug-likeness (QED) is 0.763. The van der Waals surface area contributed by atoms with Crippen molar-refractivity contribution in [3.8, 4) is 0 Å². The minimum atomic E-state index is -3.57. The summed E-state index contributed by atoms with van der Waals surface area (Å²) in [6.07, 6.45) is 1.36. The lowest BCUT2D eigenvalue weighted by atomic mass is 9.98. The van der Waals surface area contributed by atoms with Gasteiger partial charge in [-0.25, -0.2) is 12.7 Å². The molecular formula is C16H23N3O5S. The van der Waals surface area contributed by atoms with Crippen LogP contribution < -0.4 is 5.32 Å². The minimum absolute atomic E-state index is 0.0778. The van der Waals surface area contributed by atoms with Crippen molar-refractivity contribution in [3.05, 3.63) is 24.3 Å².